The maximum atomic E-state index is 13.8. The van der Waals surface area contributed by atoms with Gasteiger partial charge < -0.3 is 4.74 Å². The van der Waals surface area contributed by atoms with Crippen molar-refractivity contribution in [2.45, 2.75) is 49.6 Å². The van der Waals surface area contributed by atoms with Crippen molar-refractivity contribution in [2.24, 2.45) is 0 Å². The molecule has 134 valence electrons. The monoisotopic (exact) mass is 360 g/mol. The van der Waals surface area contributed by atoms with Gasteiger partial charge in [0, 0.05) is 0 Å². The Labute approximate surface area is 115 Å². The Morgan fingerprint density at radius 1 is 0.818 bits per heavy atom. The van der Waals surface area contributed by atoms with Crippen LogP contribution in [-0.4, -0.2) is 42.8 Å². The van der Waals surface area contributed by atoms with Gasteiger partial charge in [-0.05, 0) is 6.92 Å². The third-order valence-corrected chi connectivity index (χ3v) is 2.48. The molecule has 22 heavy (non-hydrogen) atoms. The van der Waals surface area contributed by atoms with E-state index < -0.39 is 56.2 Å². The van der Waals surface area contributed by atoms with Crippen molar-refractivity contribution in [2.75, 3.05) is 6.61 Å². The number of ether oxygens (including phenoxy) is 1. The first-order chi connectivity index (χ1) is 9.36. The molecule has 0 N–H and O–H groups in total. The van der Waals surface area contributed by atoms with Crippen LogP contribution in [0, 0.1) is 0 Å². The molecule has 0 aliphatic rings. The second kappa shape index (κ2) is 5.96. The van der Waals surface area contributed by atoms with E-state index in [1.807, 2.05) is 0 Å². The van der Waals surface area contributed by atoms with Crippen LogP contribution in [0.3, 0.4) is 0 Å². The van der Waals surface area contributed by atoms with Gasteiger partial charge in [-0.25, -0.2) is 13.2 Å². The molecule has 1 nitrogen and oxygen atoms in total. The second-order valence-corrected chi connectivity index (χ2v) is 4.26. The lowest BCUT2D eigenvalue weighted by molar-refractivity contribution is -0.376. The molecule has 0 aromatic heterocycles. The molecule has 0 spiro atoms. The molecule has 3 atom stereocenters. The Morgan fingerprint density at radius 2 is 1.23 bits per heavy atom. The SMILES string of the molecule is CC(F)(C(F)(F)F)C(F)(OCCC(F)(F)F)C(F)C(F)(F)F. The zero-order valence-corrected chi connectivity index (χ0v) is 10.4. The highest BCUT2D eigenvalue weighted by molar-refractivity contribution is 5.03. The fraction of sp³-hybridized carbons (Fsp3) is 1.00. The molecule has 13 heteroatoms. The van der Waals surface area contributed by atoms with E-state index >= 15 is 0 Å². The lowest BCUT2D eigenvalue weighted by Gasteiger charge is -2.39. The lowest BCUT2D eigenvalue weighted by Crippen LogP contribution is -2.64. The van der Waals surface area contributed by atoms with Crippen LogP contribution >= 0.6 is 0 Å². The number of hydrogen-bond acceptors (Lipinski definition) is 1. The highest BCUT2D eigenvalue weighted by Gasteiger charge is 2.75. The molecule has 0 saturated carbocycles. The molecule has 0 heterocycles. The maximum Gasteiger partial charge on any atom is 0.428 e. The van der Waals surface area contributed by atoms with E-state index in [2.05, 4.69) is 4.74 Å². The first kappa shape index (κ1) is 21.1. The summed E-state index contributed by atoms with van der Waals surface area (Å²) in [5, 5.41) is 0. The van der Waals surface area contributed by atoms with Crippen LogP contribution in [0.25, 0.3) is 0 Å². The zero-order chi connectivity index (χ0) is 18.2. The summed E-state index contributed by atoms with van der Waals surface area (Å²) in [5.74, 6) is -5.74. The summed E-state index contributed by atoms with van der Waals surface area (Å²) in [6.45, 7) is -2.95. The molecule has 3 unspecified atom stereocenters. The summed E-state index contributed by atoms with van der Waals surface area (Å²) >= 11 is 0. The van der Waals surface area contributed by atoms with Gasteiger partial charge in [-0.2, -0.15) is 39.5 Å². The highest BCUT2D eigenvalue weighted by atomic mass is 19.4. The van der Waals surface area contributed by atoms with Crippen LogP contribution in [0.5, 0.6) is 0 Å². The van der Waals surface area contributed by atoms with Gasteiger partial charge >= 0.3 is 18.5 Å². The Kier molecular flexibility index (Phi) is 5.72. The van der Waals surface area contributed by atoms with Crippen molar-refractivity contribution in [3.8, 4) is 0 Å². The van der Waals surface area contributed by atoms with E-state index in [1.54, 1.807) is 0 Å². The van der Waals surface area contributed by atoms with Gasteiger partial charge in [0.25, 0.3) is 17.7 Å². The van der Waals surface area contributed by atoms with Crippen molar-refractivity contribution >= 4 is 0 Å². The van der Waals surface area contributed by atoms with E-state index in [0.29, 0.717) is 0 Å². The number of alkyl halides is 12. The normalized spacial score (nSPS) is 21.1. The van der Waals surface area contributed by atoms with Gasteiger partial charge in [0.1, 0.15) is 0 Å². The molecule has 0 fully saturated rings. The maximum absolute atomic E-state index is 13.8. The van der Waals surface area contributed by atoms with Crippen LogP contribution in [0.2, 0.25) is 0 Å². The van der Waals surface area contributed by atoms with E-state index in [1.165, 1.54) is 0 Å². The molecule has 0 amide bonds. The average molecular weight is 360 g/mol. The topological polar surface area (TPSA) is 9.23 Å². The summed E-state index contributed by atoms with van der Waals surface area (Å²) in [4.78, 5) is 0. The zero-order valence-electron chi connectivity index (χ0n) is 10.4. The van der Waals surface area contributed by atoms with Gasteiger partial charge in [0.05, 0.1) is 13.0 Å². The predicted molar refractivity (Wildman–Crippen MR) is 47.0 cm³/mol. The van der Waals surface area contributed by atoms with Crippen LogP contribution in [0.15, 0.2) is 0 Å². The number of rotatable bonds is 5. The van der Waals surface area contributed by atoms with Crippen molar-refractivity contribution in [3.63, 3.8) is 0 Å². The van der Waals surface area contributed by atoms with Crippen molar-refractivity contribution in [1.29, 1.82) is 0 Å². The fourth-order valence-corrected chi connectivity index (χ4v) is 1.17. The smallest absolute Gasteiger partial charge is 0.340 e. The molecule has 0 bridgehead atoms. The first-order valence-electron chi connectivity index (χ1n) is 5.22. The molecule has 0 aliphatic heterocycles. The Balaban J connectivity index is 5.60. The third-order valence-electron chi connectivity index (χ3n) is 2.48. The van der Waals surface area contributed by atoms with E-state index in [-0.39, 0.29) is 0 Å². The summed E-state index contributed by atoms with van der Waals surface area (Å²) in [6, 6.07) is 0. The Bertz CT molecular complexity index is 366. The van der Waals surface area contributed by atoms with Gasteiger partial charge in [0.15, 0.2) is 0 Å². The van der Waals surface area contributed by atoms with Crippen molar-refractivity contribution in [1.82, 2.24) is 0 Å². The first-order valence-corrected chi connectivity index (χ1v) is 5.22. The molecule has 0 rings (SSSR count). The highest BCUT2D eigenvalue weighted by Crippen LogP contribution is 2.50. The summed E-state index contributed by atoms with van der Waals surface area (Å²) in [5.41, 5.74) is -5.56. The minimum Gasteiger partial charge on any atom is -0.340 e. The second-order valence-electron chi connectivity index (χ2n) is 4.26. The molecular formula is C9H8F12O. The minimum absolute atomic E-state index is 0.807. The third kappa shape index (κ3) is 4.56. The fourth-order valence-electron chi connectivity index (χ4n) is 1.17. The van der Waals surface area contributed by atoms with E-state index in [9.17, 15) is 52.7 Å². The van der Waals surface area contributed by atoms with Gasteiger partial charge in [-0.15, -0.1) is 0 Å². The Morgan fingerprint density at radius 3 is 1.50 bits per heavy atom. The van der Waals surface area contributed by atoms with Crippen LogP contribution in [-0.2, 0) is 4.74 Å². The quantitative estimate of drug-likeness (QED) is 0.640. The molecule has 0 aromatic rings. The van der Waals surface area contributed by atoms with Crippen molar-refractivity contribution < 1.29 is 57.4 Å². The molecule has 0 aromatic carbocycles. The number of halogens is 12. The van der Waals surface area contributed by atoms with Crippen LogP contribution < -0.4 is 0 Å². The van der Waals surface area contributed by atoms with Crippen LogP contribution in [0.1, 0.15) is 13.3 Å². The summed E-state index contributed by atoms with van der Waals surface area (Å²) in [7, 11) is 0. The standard InChI is InChI=1S/C9H8F12O/c1-5(11,9(19,20)21)7(15,4(10)8(16,17)18)22-3-2-6(12,13)14/h4H,2-3H2,1H3. The molecule has 0 saturated heterocycles. The average Bonchev–Trinajstić information content (AvgIpc) is 2.22. The van der Waals surface area contributed by atoms with Gasteiger partial charge in [-0.3, -0.25) is 0 Å². The molecule has 0 aliphatic carbocycles. The minimum atomic E-state index is -6.38. The predicted octanol–water partition coefficient (Wildman–Crippen LogP) is 4.81. The largest absolute Gasteiger partial charge is 0.428 e. The summed E-state index contributed by atoms with van der Waals surface area (Å²) in [6.07, 6.45) is -25.3. The van der Waals surface area contributed by atoms with E-state index in [4.69, 9.17) is 0 Å². The van der Waals surface area contributed by atoms with Crippen molar-refractivity contribution in [3.05, 3.63) is 0 Å². The Hall–Kier alpha value is -0.880. The lowest BCUT2D eigenvalue weighted by atomic mass is 9.93. The molecular weight excluding hydrogens is 352 g/mol. The summed E-state index contributed by atoms with van der Waals surface area (Å²) < 4.78 is 152. The van der Waals surface area contributed by atoms with Gasteiger partial charge in [0.2, 0.25) is 0 Å². The van der Waals surface area contributed by atoms with Crippen LogP contribution in [0.4, 0.5) is 52.7 Å². The van der Waals surface area contributed by atoms with Gasteiger partial charge in [-0.1, -0.05) is 0 Å². The molecule has 0 radical (unpaired) electrons. The van der Waals surface area contributed by atoms with E-state index in [0.717, 1.165) is 0 Å². The number of hydrogen-bond donors (Lipinski definition) is 0.